The fourth-order valence-electron chi connectivity index (χ4n) is 10.0. The third kappa shape index (κ3) is 12.7. The maximum atomic E-state index is 13.9. The van der Waals surface area contributed by atoms with Gasteiger partial charge in [0.1, 0.15) is 0 Å². The van der Waals surface area contributed by atoms with Gasteiger partial charge < -0.3 is 40.4 Å². The van der Waals surface area contributed by atoms with Crippen molar-refractivity contribution in [2.45, 2.75) is 122 Å². The van der Waals surface area contributed by atoms with Gasteiger partial charge in [-0.15, -0.1) is 0 Å². The second kappa shape index (κ2) is 23.9. The van der Waals surface area contributed by atoms with Crippen LogP contribution in [0.2, 0.25) is 20.1 Å². The summed E-state index contributed by atoms with van der Waals surface area (Å²) in [6.07, 6.45) is -1.73. The molecule has 2 amide bonds. The van der Waals surface area contributed by atoms with Gasteiger partial charge in [0.05, 0.1) is 73.3 Å². The molecule has 6 rings (SSSR count). The molecule has 12 nitrogen and oxygen atoms in total. The number of aliphatic carboxylic acids is 2. The number of likely N-dealkylation sites (tertiary alicyclic amines) is 2. The zero-order valence-electron chi connectivity index (χ0n) is 37.2. The lowest BCUT2D eigenvalue weighted by Crippen LogP contribution is -2.59. The molecule has 0 saturated carbocycles. The van der Waals surface area contributed by atoms with Gasteiger partial charge in [-0.25, -0.2) is 0 Å². The number of nitrogens with zero attached hydrogens (tertiary/aromatic N) is 2. The number of aliphatic hydroxyl groups excluding tert-OH is 4. The van der Waals surface area contributed by atoms with Crippen LogP contribution in [0.5, 0.6) is 0 Å². The third-order valence-corrected chi connectivity index (χ3v) is 14.1. The van der Waals surface area contributed by atoms with E-state index < -0.39 is 72.4 Å². The number of carbonyl (C=O) groups is 4. The molecule has 4 aromatic rings. The van der Waals surface area contributed by atoms with Gasteiger partial charge in [0.2, 0.25) is 11.8 Å². The number of carbonyl (C=O) groups excluding carboxylic acids is 2. The first kappa shape index (κ1) is 55.4. The number of aliphatic hydroxyl groups is 4. The van der Waals surface area contributed by atoms with E-state index in [4.69, 9.17) is 46.4 Å². The molecule has 67 heavy (non-hydrogen) atoms. The van der Waals surface area contributed by atoms with Crippen LogP contribution in [0.15, 0.2) is 97.1 Å². The Morgan fingerprint density at radius 2 is 0.910 bits per heavy atom. The molecule has 0 radical (unpaired) electrons. The lowest BCUT2D eigenvalue weighted by Gasteiger charge is -2.52. The molecule has 10 atom stereocenters. The van der Waals surface area contributed by atoms with Gasteiger partial charge in [0.15, 0.2) is 0 Å². The van der Waals surface area contributed by atoms with Crippen LogP contribution in [0, 0.1) is 10.8 Å². The van der Waals surface area contributed by atoms with Crippen LogP contribution >= 0.6 is 46.4 Å². The first-order valence-corrected chi connectivity index (χ1v) is 23.4. The summed E-state index contributed by atoms with van der Waals surface area (Å²) >= 11 is 24.8. The molecule has 0 spiro atoms. The molecule has 0 aliphatic carbocycles. The molecular weight excluding hydrogens is 942 g/mol. The average Bonchev–Trinajstić information content (AvgIpc) is 3.27. The molecule has 2 aliphatic rings. The van der Waals surface area contributed by atoms with E-state index in [0.717, 1.165) is 22.3 Å². The van der Waals surface area contributed by atoms with Crippen molar-refractivity contribution in [3.8, 4) is 0 Å². The Balaban J connectivity index is 0.000000288. The number of hydrogen-bond acceptors (Lipinski definition) is 8. The minimum absolute atomic E-state index is 0. The molecule has 2 saturated heterocycles. The van der Waals surface area contributed by atoms with Gasteiger partial charge in [-0.05, 0) is 96.5 Å². The van der Waals surface area contributed by atoms with Gasteiger partial charge in [-0.1, -0.05) is 130 Å². The van der Waals surface area contributed by atoms with Gasteiger partial charge in [0, 0.05) is 31.9 Å². The molecule has 2 fully saturated rings. The van der Waals surface area contributed by atoms with Crippen LogP contribution in [0.3, 0.4) is 0 Å². The van der Waals surface area contributed by atoms with Crippen molar-refractivity contribution in [1.82, 2.24) is 9.80 Å². The number of amides is 2. The van der Waals surface area contributed by atoms with Crippen molar-refractivity contribution < 1.29 is 49.8 Å². The zero-order valence-corrected chi connectivity index (χ0v) is 40.3. The third-order valence-electron chi connectivity index (χ3n) is 13.1. The highest BCUT2D eigenvalue weighted by Gasteiger charge is 2.54. The fraction of sp³-hybridized carbons (Fsp3) is 0.451. The quantitative estimate of drug-likeness (QED) is 0.0629. The number of carboxylic acid groups (broad SMARTS) is 2. The van der Waals surface area contributed by atoms with E-state index in [1.165, 1.54) is 0 Å². The van der Waals surface area contributed by atoms with Crippen molar-refractivity contribution in [2.75, 3.05) is 13.2 Å². The second-order valence-electron chi connectivity index (χ2n) is 17.9. The van der Waals surface area contributed by atoms with Crippen molar-refractivity contribution in [2.24, 2.45) is 10.8 Å². The minimum Gasteiger partial charge on any atom is -0.481 e. The van der Waals surface area contributed by atoms with Crippen LogP contribution in [-0.4, -0.2) is 102 Å². The molecular formula is C51H62Cl4N2O10. The summed E-state index contributed by atoms with van der Waals surface area (Å²) in [6.45, 7) is 5.93. The highest BCUT2D eigenvalue weighted by molar-refractivity contribution is 6.31. The molecule has 4 aromatic carbocycles. The first-order valence-electron chi connectivity index (χ1n) is 21.9. The van der Waals surface area contributed by atoms with Crippen LogP contribution in [0.1, 0.15) is 120 Å². The van der Waals surface area contributed by atoms with Crippen molar-refractivity contribution in [1.29, 1.82) is 0 Å². The summed E-state index contributed by atoms with van der Waals surface area (Å²) in [4.78, 5) is 54.5. The molecule has 0 unspecified atom stereocenters. The Labute approximate surface area is 413 Å². The molecule has 364 valence electrons. The number of piperidine rings is 2. The second-order valence-corrected chi connectivity index (χ2v) is 19.6. The standard InChI is InChI=1S/2C25H29Cl2NO5.CH4/c2*1-3-20(21(30)14-29)28-23(15-7-9-17(26)10-8-15)19(16-5-4-6-18(27)11-16)12-25(2,24(28)33)13-22(31)32;/h2*4-11,19-21,23,29-30H,3,12-14H2,1-2H3,(H,31,32);1H4/t19-,20+,21+,23-,25-;19-,20+,21-,23-,25-;/m11./s1. The monoisotopic (exact) mass is 1000 g/mol. The zero-order chi connectivity index (χ0) is 48.7. The van der Waals surface area contributed by atoms with Gasteiger partial charge in [0.25, 0.3) is 0 Å². The molecule has 0 bridgehead atoms. The summed E-state index contributed by atoms with van der Waals surface area (Å²) < 4.78 is 0. The van der Waals surface area contributed by atoms with Crippen molar-refractivity contribution in [3.05, 3.63) is 139 Å². The van der Waals surface area contributed by atoms with Crippen molar-refractivity contribution >= 4 is 70.2 Å². The smallest absolute Gasteiger partial charge is 0.304 e. The van der Waals surface area contributed by atoms with E-state index in [1.54, 1.807) is 60.0 Å². The lowest BCUT2D eigenvalue weighted by atomic mass is 9.66. The summed E-state index contributed by atoms with van der Waals surface area (Å²) in [5.41, 5.74) is 0.932. The molecule has 2 heterocycles. The van der Waals surface area contributed by atoms with E-state index in [-0.39, 0.29) is 56.8 Å². The molecule has 16 heteroatoms. The van der Waals surface area contributed by atoms with Gasteiger partial charge in [-0.3, -0.25) is 19.2 Å². The maximum Gasteiger partial charge on any atom is 0.304 e. The van der Waals surface area contributed by atoms with Gasteiger partial charge in [-0.2, -0.15) is 0 Å². The number of halogens is 4. The number of carboxylic acids is 2. The Kier molecular flexibility index (Phi) is 19.7. The van der Waals surface area contributed by atoms with Crippen LogP contribution in [0.25, 0.3) is 0 Å². The maximum absolute atomic E-state index is 13.9. The van der Waals surface area contributed by atoms with Gasteiger partial charge >= 0.3 is 11.9 Å². The summed E-state index contributed by atoms with van der Waals surface area (Å²) in [5, 5.41) is 62.1. The predicted molar refractivity (Wildman–Crippen MR) is 261 cm³/mol. The van der Waals surface area contributed by atoms with E-state index in [2.05, 4.69) is 0 Å². The van der Waals surface area contributed by atoms with E-state index in [0.29, 0.717) is 32.9 Å². The molecule has 0 aromatic heterocycles. The number of benzene rings is 4. The van der Waals surface area contributed by atoms with Crippen LogP contribution < -0.4 is 0 Å². The Hall–Kier alpha value is -4.24. The van der Waals surface area contributed by atoms with Crippen molar-refractivity contribution in [3.63, 3.8) is 0 Å². The minimum atomic E-state index is -1.20. The Bertz CT molecular complexity index is 2160. The SMILES string of the molecule is C.CC[C@@H]([C@@H](O)CO)N1C(=O)[C@@](C)(CC(=O)O)C[C@H](c2cccc(Cl)c2)[C@H]1c1ccc(Cl)cc1.CC[C@@H]([C@H](O)CO)N1C(=O)[C@@](C)(CC(=O)O)C[C@H](c2cccc(Cl)c2)[C@H]1c1ccc(Cl)cc1. The lowest BCUT2D eigenvalue weighted by molar-refractivity contribution is -0.164. The van der Waals surface area contributed by atoms with Crippen LogP contribution in [0.4, 0.5) is 0 Å². The number of rotatable bonds is 16. The Morgan fingerprint density at radius 3 is 1.18 bits per heavy atom. The summed E-state index contributed by atoms with van der Waals surface area (Å²) in [6, 6.07) is 26.5. The van der Waals surface area contributed by atoms with E-state index in [1.807, 2.05) is 74.5 Å². The van der Waals surface area contributed by atoms with E-state index in [9.17, 15) is 49.8 Å². The highest BCUT2D eigenvalue weighted by atomic mass is 35.5. The number of hydrogen-bond donors (Lipinski definition) is 6. The average molecular weight is 1000 g/mol. The molecule has 2 aliphatic heterocycles. The molecule has 6 N–H and O–H groups in total. The summed E-state index contributed by atoms with van der Waals surface area (Å²) in [5.74, 6) is -3.46. The largest absolute Gasteiger partial charge is 0.481 e. The summed E-state index contributed by atoms with van der Waals surface area (Å²) in [7, 11) is 0. The Morgan fingerprint density at radius 1 is 0.582 bits per heavy atom. The topological polar surface area (TPSA) is 196 Å². The fourth-order valence-corrected chi connectivity index (χ4v) is 10.7. The normalized spacial score (nSPS) is 24.7. The first-order chi connectivity index (χ1) is 31.2. The highest BCUT2D eigenvalue weighted by Crippen LogP contribution is 2.54. The van der Waals surface area contributed by atoms with E-state index >= 15 is 0 Å². The van der Waals surface area contributed by atoms with Crippen LogP contribution in [-0.2, 0) is 19.2 Å². The predicted octanol–water partition coefficient (Wildman–Crippen LogP) is 9.96.